The molecule has 0 atom stereocenters. The first-order valence-electron chi connectivity index (χ1n) is 23.7. The van der Waals surface area contributed by atoms with Crippen LogP contribution in [0.5, 0.6) is 0 Å². The van der Waals surface area contributed by atoms with Gasteiger partial charge in [0.25, 0.3) is 0 Å². The highest BCUT2D eigenvalue weighted by Crippen LogP contribution is 2.41. The standard InChI is InChI=1S/C63H41N5SSi/c1-4-19-44(20-5-1)70(45-21-6-2-7-22-45,46-23-8-3-9-24-46)47-38-35-42(36-39-47)61-64-62(52-29-18-34-59-60(52)51-28-13-17-33-58(51)69-59)66-63(65-61)68-56-32-16-12-27-50(56)53-41-43(37-40-57(53)68)67-54-30-14-10-25-48(54)49-26-11-15-31-55(49)67/h1-41H. The highest BCUT2D eigenvalue weighted by Gasteiger charge is 2.41. The number of hydrogen-bond donors (Lipinski definition) is 0. The van der Waals surface area contributed by atoms with Crippen molar-refractivity contribution in [3.63, 3.8) is 0 Å². The number of nitrogens with zero attached hydrogens (tertiary/aromatic N) is 5. The Morgan fingerprint density at radius 3 is 1.41 bits per heavy atom. The van der Waals surface area contributed by atoms with Gasteiger partial charge in [-0.25, -0.2) is 4.98 Å². The highest BCUT2D eigenvalue weighted by molar-refractivity contribution is 7.26. The predicted octanol–water partition coefficient (Wildman–Crippen LogP) is 13.1. The second-order valence-corrected chi connectivity index (χ2v) is 22.8. The molecule has 0 fully saturated rings. The Labute approximate surface area is 408 Å². The summed E-state index contributed by atoms with van der Waals surface area (Å²) >= 11 is 1.80. The molecule has 0 N–H and O–H groups in total. The highest BCUT2D eigenvalue weighted by atomic mass is 32.1. The second-order valence-electron chi connectivity index (χ2n) is 17.9. The van der Waals surface area contributed by atoms with Crippen LogP contribution in [0.4, 0.5) is 0 Å². The molecule has 7 heteroatoms. The summed E-state index contributed by atoms with van der Waals surface area (Å²) < 4.78 is 7.05. The molecule has 328 valence electrons. The van der Waals surface area contributed by atoms with E-state index in [1.165, 1.54) is 57.3 Å². The van der Waals surface area contributed by atoms with Crippen molar-refractivity contribution < 1.29 is 0 Å². The lowest BCUT2D eigenvalue weighted by molar-refractivity contribution is 0.954. The summed E-state index contributed by atoms with van der Waals surface area (Å²) in [7, 11) is -2.77. The SMILES string of the molecule is c1ccc([Si](c2ccccc2)(c2ccccc2)c2ccc(-c3nc(-c4cccc5sc6ccccc6c45)nc(-n4c5ccccc5c5cc(-n6c7ccccc7c7ccccc76)ccc54)n3)cc2)cc1. The summed E-state index contributed by atoms with van der Waals surface area (Å²) in [6.45, 7) is 0. The average molecular weight is 928 g/mol. The molecule has 0 aliphatic carbocycles. The van der Waals surface area contributed by atoms with Crippen molar-refractivity contribution in [2.24, 2.45) is 0 Å². The van der Waals surface area contributed by atoms with E-state index < -0.39 is 8.07 Å². The third-order valence-corrected chi connectivity index (χ3v) is 20.1. The Bertz CT molecular complexity index is 4140. The zero-order valence-electron chi connectivity index (χ0n) is 37.8. The fourth-order valence-electron chi connectivity index (χ4n) is 11.1. The van der Waals surface area contributed by atoms with E-state index in [1.54, 1.807) is 11.3 Å². The lowest BCUT2D eigenvalue weighted by Crippen LogP contribution is -2.74. The number of rotatable bonds is 8. The van der Waals surface area contributed by atoms with Crippen LogP contribution in [0.25, 0.3) is 98.2 Å². The summed E-state index contributed by atoms with van der Waals surface area (Å²) in [5.41, 5.74) is 7.40. The fourth-order valence-corrected chi connectivity index (χ4v) is 17.0. The molecule has 10 aromatic carbocycles. The van der Waals surface area contributed by atoms with Gasteiger partial charge in [0.2, 0.25) is 5.95 Å². The molecule has 0 aliphatic heterocycles. The lowest BCUT2D eigenvalue weighted by atomic mass is 10.1. The molecule has 4 aromatic heterocycles. The molecule has 70 heavy (non-hydrogen) atoms. The van der Waals surface area contributed by atoms with E-state index in [2.05, 4.69) is 258 Å². The van der Waals surface area contributed by atoms with Crippen LogP contribution in [0.3, 0.4) is 0 Å². The van der Waals surface area contributed by atoms with Crippen molar-refractivity contribution in [2.45, 2.75) is 0 Å². The van der Waals surface area contributed by atoms with Crippen LogP contribution in [-0.2, 0) is 0 Å². The first kappa shape index (κ1) is 40.3. The molecule has 5 nitrogen and oxygen atoms in total. The topological polar surface area (TPSA) is 48.5 Å². The van der Waals surface area contributed by atoms with Crippen molar-refractivity contribution >= 4 is 104 Å². The van der Waals surface area contributed by atoms with Gasteiger partial charge in [-0.2, -0.15) is 9.97 Å². The van der Waals surface area contributed by atoms with Gasteiger partial charge in [-0.1, -0.05) is 200 Å². The molecular weight excluding hydrogens is 887 g/mol. The summed E-state index contributed by atoms with van der Waals surface area (Å²) in [5.74, 6) is 1.81. The molecular formula is C63H41N5SSi. The Morgan fingerprint density at radius 1 is 0.329 bits per heavy atom. The number of fused-ring (bicyclic) bond motifs is 9. The molecule has 0 spiro atoms. The Kier molecular flexibility index (Phi) is 9.33. The predicted molar refractivity (Wildman–Crippen MR) is 296 cm³/mol. The van der Waals surface area contributed by atoms with Gasteiger partial charge in [-0.3, -0.25) is 4.57 Å². The van der Waals surface area contributed by atoms with E-state index >= 15 is 0 Å². The van der Waals surface area contributed by atoms with E-state index in [0.717, 1.165) is 44.0 Å². The minimum Gasteiger partial charge on any atom is -0.309 e. The Hall–Kier alpha value is -8.75. The van der Waals surface area contributed by atoms with Gasteiger partial charge in [0.05, 0.1) is 22.1 Å². The third-order valence-electron chi connectivity index (χ3n) is 14.2. The van der Waals surface area contributed by atoms with Crippen molar-refractivity contribution in [1.29, 1.82) is 0 Å². The summed E-state index contributed by atoms with van der Waals surface area (Å²) in [6, 6.07) is 90.2. The minimum absolute atomic E-state index is 0.568. The Morgan fingerprint density at radius 2 is 0.800 bits per heavy atom. The minimum atomic E-state index is -2.77. The van der Waals surface area contributed by atoms with Crippen LogP contribution in [0.2, 0.25) is 0 Å². The number of aromatic nitrogens is 5. The van der Waals surface area contributed by atoms with E-state index in [4.69, 9.17) is 15.0 Å². The van der Waals surface area contributed by atoms with Crippen LogP contribution >= 0.6 is 11.3 Å². The monoisotopic (exact) mass is 927 g/mol. The average Bonchev–Trinajstić information content (AvgIpc) is 4.10. The summed E-state index contributed by atoms with van der Waals surface area (Å²) in [5, 5.41) is 12.3. The normalized spacial score (nSPS) is 12.0. The number of para-hydroxylation sites is 3. The summed E-state index contributed by atoms with van der Waals surface area (Å²) in [6.07, 6.45) is 0. The molecule has 0 bridgehead atoms. The Balaban J connectivity index is 1.00. The van der Waals surface area contributed by atoms with Crippen molar-refractivity contribution in [2.75, 3.05) is 0 Å². The fraction of sp³-hybridized carbons (Fsp3) is 0. The third kappa shape index (κ3) is 6.19. The van der Waals surface area contributed by atoms with Crippen molar-refractivity contribution in [3.05, 3.63) is 249 Å². The van der Waals surface area contributed by atoms with Gasteiger partial charge in [-0.15, -0.1) is 11.3 Å². The van der Waals surface area contributed by atoms with Crippen molar-refractivity contribution in [3.8, 4) is 34.4 Å². The number of hydrogen-bond acceptors (Lipinski definition) is 4. The maximum atomic E-state index is 5.49. The maximum absolute atomic E-state index is 5.49. The van der Waals surface area contributed by atoms with Gasteiger partial charge in [0, 0.05) is 58.5 Å². The first-order chi connectivity index (χ1) is 34.7. The molecule has 0 unspecified atom stereocenters. The molecule has 0 aliphatic rings. The van der Waals surface area contributed by atoms with E-state index in [-0.39, 0.29) is 0 Å². The van der Waals surface area contributed by atoms with Crippen LogP contribution < -0.4 is 20.7 Å². The van der Waals surface area contributed by atoms with E-state index in [9.17, 15) is 0 Å². The molecule has 14 aromatic rings. The second kappa shape index (κ2) is 16.2. The molecule has 0 amide bonds. The molecule has 0 saturated heterocycles. The quantitative estimate of drug-likeness (QED) is 0.113. The summed E-state index contributed by atoms with van der Waals surface area (Å²) in [4.78, 5) is 16.4. The zero-order chi connectivity index (χ0) is 46.2. The van der Waals surface area contributed by atoms with Gasteiger partial charge in [0.15, 0.2) is 19.7 Å². The van der Waals surface area contributed by atoms with Gasteiger partial charge in [0.1, 0.15) is 0 Å². The van der Waals surface area contributed by atoms with E-state index in [0.29, 0.717) is 17.6 Å². The molecule has 0 radical (unpaired) electrons. The zero-order valence-corrected chi connectivity index (χ0v) is 39.6. The molecule has 0 saturated carbocycles. The molecule has 4 heterocycles. The van der Waals surface area contributed by atoms with Crippen LogP contribution in [0.1, 0.15) is 0 Å². The van der Waals surface area contributed by atoms with E-state index in [1.807, 2.05) is 0 Å². The first-order valence-corrected chi connectivity index (χ1v) is 26.5. The van der Waals surface area contributed by atoms with Crippen LogP contribution in [-0.4, -0.2) is 32.2 Å². The largest absolute Gasteiger partial charge is 0.309 e. The smallest absolute Gasteiger partial charge is 0.238 e. The number of benzene rings is 10. The lowest BCUT2D eigenvalue weighted by Gasteiger charge is -2.34. The molecule has 14 rings (SSSR count). The van der Waals surface area contributed by atoms with Gasteiger partial charge >= 0.3 is 0 Å². The maximum Gasteiger partial charge on any atom is 0.238 e. The number of thiophene rings is 1. The van der Waals surface area contributed by atoms with Gasteiger partial charge < -0.3 is 4.57 Å². The van der Waals surface area contributed by atoms with Crippen molar-refractivity contribution in [1.82, 2.24) is 24.1 Å². The van der Waals surface area contributed by atoms with Crippen LogP contribution in [0.15, 0.2) is 249 Å². The van der Waals surface area contributed by atoms with Crippen LogP contribution in [0, 0.1) is 0 Å². The van der Waals surface area contributed by atoms with Gasteiger partial charge in [-0.05, 0) is 69.3 Å².